The van der Waals surface area contributed by atoms with Crippen molar-refractivity contribution in [2.75, 3.05) is 6.54 Å². The molecule has 0 spiro atoms. The lowest BCUT2D eigenvalue weighted by Gasteiger charge is -1.88. The van der Waals surface area contributed by atoms with Gasteiger partial charge in [0, 0.05) is 13.3 Å². The fourth-order valence-electron chi connectivity index (χ4n) is 0.802. The molecule has 1 atom stereocenters. The van der Waals surface area contributed by atoms with Crippen molar-refractivity contribution in [2.24, 2.45) is 0 Å². The van der Waals surface area contributed by atoms with E-state index in [1.807, 2.05) is 0 Å². The second-order valence-corrected chi connectivity index (χ2v) is 2.07. The molecular formula is C5H10NO2+. The van der Waals surface area contributed by atoms with Gasteiger partial charge in [-0.1, -0.05) is 0 Å². The van der Waals surface area contributed by atoms with Gasteiger partial charge in [0.05, 0.1) is 0 Å². The van der Waals surface area contributed by atoms with Gasteiger partial charge in [0.2, 0.25) is 5.71 Å². The van der Waals surface area contributed by atoms with Crippen LogP contribution < -0.4 is 0 Å². The standard InChI is InChI=1S/C5H10NO2/c1-4-5(7)2-3-6(4)8/h5,7-8H,2-3H2,1H3/q+1. The SMILES string of the molecule is CC1=[N+](O)CCC1O. The first-order valence-corrected chi connectivity index (χ1v) is 2.69. The zero-order valence-corrected chi connectivity index (χ0v) is 4.83. The molecule has 1 rings (SSSR count). The lowest BCUT2D eigenvalue weighted by atomic mass is 10.2. The van der Waals surface area contributed by atoms with E-state index in [1.54, 1.807) is 6.92 Å². The molecule has 8 heavy (non-hydrogen) atoms. The lowest BCUT2D eigenvalue weighted by molar-refractivity contribution is -0.769. The first-order chi connectivity index (χ1) is 3.72. The molecule has 1 aliphatic heterocycles. The highest BCUT2D eigenvalue weighted by Gasteiger charge is 2.27. The molecule has 1 heterocycles. The van der Waals surface area contributed by atoms with Gasteiger partial charge in [-0.2, -0.15) is 0 Å². The fourth-order valence-corrected chi connectivity index (χ4v) is 0.802. The average molecular weight is 116 g/mol. The van der Waals surface area contributed by atoms with E-state index < -0.39 is 6.10 Å². The minimum Gasteiger partial charge on any atom is -0.382 e. The van der Waals surface area contributed by atoms with Crippen LogP contribution in [0.4, 0.5) is 0 Å². The Hall–Kier alpha value is -0.570. The molecule has 0 saturated heterocycles. The Bertz CT molecular complexity index is 130. The Morgan fingerprint density at radius 2 is 2.38 bits per heavy atom. The van der Waals surface area contributed by atoms with Gasteiger partial charge in [-0.3, -0.25) is 5.21 Å². The quantitative estimate of drug-likeness (QED) is 0.334. The van der Waals surface area contributed by atoms with E-state index in [0.29, 0.717) is 18.7 Å². The first kappa shape index (κ1) is 5.56. The molecule has 1 unspecified atom stereocenters. The Morgan fingerprint density at radius 3 is 2.50 bits per heavy atom. The van der Waals surface area contributed by atoms with E-state index in [4.69, 9.17) is 10.3 Å². The molecule has 0 radical (unpaired) electrons. The zero-order valence-electron chi connectivity index (χ0n) is 4.83. The Labute approximate surface area is 47.8 Å². The van der Waals surface area contributed by atoms with E-state index >= 15 is 0 Å². The molecule has 1 aliphatic rings. The van der Waals surface area contributed by atoms with Gasteiger partial charge in [-0.05, 0) is 4.74 Å². The molecule has 3 heteroatoms. The van der Waals surface area contributed by atoms with Crippen molar-refractivity contribution >= 4 is 5.71 Å². The van der Waals surface area contributed by atoms with Crippen molar-refractivity contribution in [3.63, 3.8) is 0 Å². The summed E-state index contributed by atoms with van der Waals surface area (Å²) >= 11 is 0. The summed E-state index contributed by atoms with van der Waals surface area (Å²) in [5.74, 6) is 0. The average Bonchev–Trinajstić information content (AvgIpc) is 1.98. The second kappa shape index (κ2) is 1.74. The van der Waals surface area contributed by atoms with Gasteiger partial charge < -0.3 is 5.11 Å². The van der Waals surface area contributed by atoms with Gasteiger partial charge in [0.15, 0.2) is 6.54 Å². The van der Waals surface area contributed by atoms with Gasteiger partial charge in [0.1, 0.15) is 6.10 Å². The monoisotopic (exact) mass is 116 g/mol. The summed E-state index contributed by atoms with van der Waals surface area (Å²) in [5.41, 5.74) is 0.657. The predicted octanol–water partition coefficient (Wildman–Crippen LogP) is -0.386. The van der Waals surface area contributed by atoms with Crippen LogP contribution in [0.25, 0.3) is 0 Å². The van der Waals surface area contributed by atoms with Crippen LogP contribution in [0.2, 0.25) is 0 Å². The molecule has 0 fully saturated rings. The summed E-state index contributed by atoms with van der Waals surface area (Å²) in [5, 5.41) is 17.7. The molecule has 0 aromatic heterocycles. The second-order valence-electron chi connectivity index (χ2n) is 2.07. The van der Waals surface area contributed by atoms with Crippen molar-refractivity contribution in [3.8, 4) is 0 Å². The topological polar surface area (TPSA) is 43.5 Å². The van der Waals surface area contributed by atoms with Crippen molar-refractivity contribution in [1.29, 1.82) is 0 Å². The molecule has 2 N–H and O–H groups in total. The smallest absolute Gasteiger partial charge is 0.229 e. The van der Waals surface area contributed by atoms with E-state index in [1.165, 1.54) is 0 Å². The van der Waals surface area contributed by atoms with Crippen molar-refractivity contribution in [3.05, 3.63) is 0 Å². The minimum absolute atomic E-state index is 0.417. The van der Waals surface area contributed by atoms with Gasteiger partial charge in [-0.25, -0.2) is 0 Å². The van der Waals surface area contributed by atoms with Crippen LogP contribution in [-0.2, 0) is 0 Å². The number of aliphatic hydroxyl groups is 1. The van der Waals surface area contributed by atoms with Gasteiger partial charge in [0.25, 0.3) is 0 Å². The Balaban J connectivity index is 2.71. The van der Waals surface area contributed by atoms with Crippen LogP contribution in [0, 0.1) is 0 Å². The number of hydroxylamine groups is 1. The lowest BCUT2D eigenvalue weighted by Crippen LogP contribution is -2.15. The Morgan fingerprint density at radius 1 is 1.75 bits per heavy atom. The van der Waals surface area contributed by atoms with Crippen LogP contribution in [0.15, 0.2) is 0 Å². The Kier molecular flexibility index (Phi) is 1.21. The molecule has 0 bridgehead atoms. The summed E-state index contributed by atoms with van der Waals surface area (Å²) in [4.78, 5) is 0. The number of aliphatic hydroxyl groups excluding tert-OH is 1. The highest BCUT2D eigenvalue weighted by Crippen LogP contribution is 2.01. The maximum absolute atomic E-state index is 8.93. The van der Waals surface area contributed by atoms with Gasteiger partial charge >= 0.3 is 0 Å². The van der Waals surface area contributed by atoms with Crippen LogP contribution in [0.5, 0.6) is 0 Å². The van der Waals surface area contributed by atoms with Crippen LogP contribution >= 0.6 is 0 Å². The van der Waals surface area contributed by atoms with Crippen molar-refractivity contribution in [1.82, 2.24) is 0 Å². The number of nitrogens with zero attached hydrogens (tertiary/aromatic N) is 1. The van der Waals surface area contributed by atoms with Crippen LogP contribution in [0.3, 0.4) is 0 Å². The van der Waals surface area contributed by atoms with E-state index in [2.05, 4.69) is 0 Å². The zero-order chi connectivity index (χ0) is 6.15. The molecule has 0 aromatic rings. The van der Waals surface area contributed by atoms with E-state index in [9.17, 15) is 0 Å². The summed E-state index contributed by atoms with van der Waals surface area (Å²) in [6.45, 7) is 2.28. The summed E-state index contributed by atoms with van der Waals surface area (Å²) in [6.07, 6.45) is 0.238. The third-order valence-corrected chi connectivity index (χ3v) is 1.50. The molecule has 46 valence electrons. The van der Waals surface area contributed by atoms with E-state index in [0.717, 1.165) is 4.74 Å². The van der Waals surface area contributed by atoms with E-state index in [-0.39, 0.29) is 0 Å². The molecule has 0 aliphatic carbocycles. The largest absolute Gasteiger partial charge is 0.382 e. The normalized spacial score (nSPS) is 29.5. The maximum Gasteiger partial charge on any atom is 0.229 e. The third kappa shape index (κ3) is 0.690. The number of hydrogen-bond acceptors (Lipinski definition) is 2. The first-order valence-electron chi connectivity index (χ1n) is 2.69. The molecule has 0 amide bonds. The summed E-state index contributed by atoms with van der Waals surface area (Å²) in [7, 11) is 0. The number of hydrogen-bond donors (Lipinski definition) is 2. The maximum atomic E-state index is 8.93. The summed E-state index contributed by atoms with van der Waals surface area (Å²) in [6, 6.07) is 0. The highest BCUT2D eigenvalue weighted by molar-refractivity contribution is 5.82. The van der Waals surface area contributed by atoms with Gasteiger partial charge in [-0.15, -0.1) is 0 Å². The third-order valence-electron chi connectivity index (χ3n) is 1.50. The number of rotatable bonds is 0. The fraction of sp³-hybridized carbons (Fsp3) is 0.800. The molecule has 0 saturated carbocycles. The molecule has 0 aromatic carbocycles. The van der Waals surface area contributed by atoms with Crippen LogP contribution in [-0.4, -0.2) is 33.4 Å². The molecule has 3 nitrogen and oxygen atoms in total. The molecular weight excluding hydrogens is 106 g/mol. The highest BCUT2D eigenvalue weighted by atomic mass is 16.5. The predicted molar refractivity (Wildman–Crippen MR) is 28.2 cm³/mol. The minimum atomic E-state index is -0.417. The van der Waals surface area contributed by atoms with Crippen LogP contribution in [0.1, 0.15) is 13.3 Å². The van der Waals surface area contributed by atoms with Crippen molar-refractivity contribution < 1.29 is 15.1 Å². The van der Waals surface area contributed by atoms with Crippen molar-refractivity contribution in [2.45, 2.75) is 19.4 Å². The summed E-state index contributed by atoms with van der Waals surface area (Å²) < 4.78 is 1.09.